The molecule has 0 aliphatic rings. The van der Waals surface area contributed by atoms with Gasteiger partial charge in [-0.3, -0.25) is 4.79 Å². The summed E-state index contributed by atoms with van der Waals surface area (Å²) in [6, 6.07) is 14.1. The highest BCUT2D eigenvalue weighted by Gasteiger charge is 2.15. The van der Waals surface area contributed by atoms with Gasteiger partial charge in [0.05, 0.1) is 13.2 Å². The molecule has 0 heterocycles. The second-order valence-electron chi connectivity index (χ2n) is 5.63. The lowest BCUT2D eigenvalue weighted by atomic mass is 10.1. The smallest absolute Gasteiger partial charge is 0.343 e. The predicted octanol–water partition coefficient (Wildman–Crippen LogP) is 2.06. The van der Waals surface area contributed by atoms with Crippen LogP contribution in [0.1, 0.15) is 11.1 Å². The molecule has 2 rings (SSSR count). The Morgan fingerprint density at radius 3 is 2.52 bits per heavy atom. The van der Waals surface area contributed by atoms with Crippen molar-refractivity contribution in [2.75, 3.05) is 19.0 Å². The summed E-state index contributed by atoms with van der Waals surface area (Å²) in [6.07, 6.45) is 0.464. The van der Waals surface area contributed by atoms with Crippen LogP contribution in [0.4, 0.5) is 5.69 Å². The molecule has 0 saturated carbocycles. The molecule has 0 radical (unpaired) electrons. The molecule has 25 heavy (non-hydrogen) atoms. The summed E-state index contributed by atoms with van der Waals surface area (Å²) < 4.78 is 9.83. The van der Waals surface area contributed by atoms with Crippen molar-refractivity contribution in [3.05, 3.63) is 59.7 Å². The molecule has 0 bridgehead atoms. The first-order valence-electron chi connectivity index (χ1n) is 7.90. The Kier molecular flexibility index (Phi) is 6.54. The van der Waals surface area contributed by atoms with E-state index in [0.717, 1.165) is 11.1 Å². The third-order valence-electron chi connectivity index (χ3n) is 3.68. The number of amides is 1. The van der Waals surface area contributed by atoms with Gasteiger partial charge in [-0.05, 0) is 42.7 Å². The van der Waals surface area contributed by atoms with Crippen LogP contribution in [0.2, 0.25) is 0 Å². The monoisotopic (exact) mass is 342 g/mol. The Bertz CT molecular complexity index is 731. The number of hydrogen-bond acceptors (Lipinski definition) is 5. The molecule has 0 saturated heterocycles. The van der Waals surface area contributed by atoms with Crippen molar-refractivity contribution >= 4 is 17.6 Å². The van der Waals surface area contributed by atoms with E-state index >= 15 is 0 Å². The van der Waals surface area contributed by atoms with Crippen LogP contribution in [0.25, 0.3) is 0 Å². The summed E-state index contributed by atoms with van der Waals surface area (Å²) in [5.41, 5.74) is 8.45. The molecule has 0 aromatic heterocycles. The Morgan fingerprint density at radius 1 is 1.16 bits per heavy atom. The molecule has 1 atom stereocenters. The third kappa shape index (κ3) is 5.61. The molecule has 0 unspecified atom stereocenters. The van der Waals surface area contributed by atoms with E-state index in [4.69, 9.17) is 10.5 Å². The maximum Gasteiger partial charge on any atom is 0.343 e. The molecular formula is C19H22N2O4. The molecule has 132 valence electrons. The average molecular weight is 342 g/mol. The Balaban J connectivity index is 1.95. The third-order valence-corrected chi connectivity index (χ3v) is 3.68. The molecule has 2 aromatic rings. The number of carbonyl (C=O) groups is 2. The number of anilines is 1. The minimum Gasteiger partial charge on any atom is -0.482 e. The van der Waals surface area contributed by atoms with Crippen LogP contribution in [0.15, 0.2) is 48.5 Å². The number of nitrogens with two attached hydrogens (primary N) is 1. The molecule has 6 heteroatoms. The Morgan fingerprint density at radius 2 is 1.88 bits per heavy atom. The van der Waals surface area contributed by atoms with Crippen molar-refractivity contribution in [3.63, 3.8) is 0 Å². The van der Waals surface area contributed by atoms with E-state index in [0.29, 0.717) is 17.9 Å². The van der Waals surface area contributed by atoms with Gasteiger partial charge >= 0.3 is 5.97 Å². The normalized spacial score (nSPS) is 11.5. The van der Waals surface area contributed by atoms with E-state index in [2.05, 4.69) is 10.1 Å². The molecule has 2 aromatic carbocycles. The van der Waals surface area contributed by atoms with Gasteiger partial charge in [-0.2, -0.15) is 0 Å². The lowest BCUT2D eigenvalue weighted by Crippen LogP contribution is -2.37. The molecule has 0 fully saturated rings. The van der Waals surface area contributed by atoms with E-state index in [1.165, 1.54) is 7.11 Å². The van der Waals surface area contributed by atoms with Crippen LogP contribution in [-0.2, 0) is 20.7 Å². The van der Waals surface area contributed by atoms with E-state index in [1.807, 2.05) is 37.3 Å². The predicted molar refractivity (Wildman–Crippen MR) is 95.4 cm³/mol. The molecule has 0 spiro atoms. The van der Waals surface area contributed by atoms with Gasteiger partial charge in [0.2, 0.25) is 5.91 Å². The zero-order valence-electron chi connectivity index (χ0n) is 14.3. The molecule has 0 aliphatic heterocycles. The van der Waals surface area contributed by atoms with Crippen LogP contribution in [-0.4, -0.2) is 31.6 Å². The number of hydrogen-bond donors (Lipinski definition) is 2. The van der Waals surface area contributed by atoms with Gasteiger partial charge in [-0.1, -0.05) is 30.3 Å². The van der Waals surface area contributed by atoms with Crippen molar-refractivity contribution in [3.8, 4) is 5.75 Å². The highest BCUT2D eigenvalue weighted by atomic mass is 16.6. The van der Waals surface area contributed by atoms with Crippen molar-refractivity contribution in [1.82, 2.24) is 0 Å². The number of nitrogens with one attached hydrogen (secondary N) is 1. The van der Waals surface area contributed by atoms with Crippen LogP contribution in [0.3, 0.4) is 0 Å². The SMILES string of the molecule is COC(=O)COc1ccc(NC(=O)[C@@H](N)Cc2ccccc2)c(C)c1. The van der Waals surface area contributed by atoms with E-state index in [1.54, 1.807) is 18.2 Å². The number of methoxy groups -OCH3 is 1. The summed E-state index contributed by atoms with van der Waals surface area (Å²) >= 11 is 0. The fraction of sp³-hybridized carbons (Fsp3) is 0.263. The zero-order chi connectivity index (χ0) is 18.2. The van der Waals surface area contributed by atoms with Gasteiger partial charge in [0.25, 0.3) is 0 Å². The van der Waals surface area contributed by atoms with Gasteiger partial charge < -0.3 is 20.5 Å². The quantitative estimate of drug-likeness (QED) is 0.752. The first-order chi connectivity index (χ1) is 12.0. The fourth-order valence-corrected chi connectivity index (χ4v) is 2.25. The van der Waals surface area contributed by atoms with Gasteiger partial charge in [0, 0.05) is 5.69 Å². The maximum atomic E-state index is 12.3. The van der Waals surface area contributed by atoms with Gasteiger partial charge in [0.1, 0.15) is 5.75 Å². The van der Waals surface area contributed by atoms with Gasteiger partial charge in [-0.25, -0.2) is 4.79 Å². The lowest BCUT2D eigenvalue weighted by Gasteiger charge is -2.15. The number of carbonyl (C=O) groups excluding carboxylic acids is 2. The van der Waals surface area contributed by atoms with Crippen LogP contribution < -0.4 is 15.8 Å². The van der Waals surface area contributed by atoms with Crippen LogP contribution in [0, 0.1) is 6.92 Å². The summed E-state index contributed by atoms with van der Waals surface area (Å²) in [7, 11) is 1.30. The summed E-state index contributed by atoms with van der Waals surface area (Å²) in [5, 5.41) is 2.82. The second kappa shape index (κ2) is 8.84. The van der Waals surface area contributed by atoms with E-state index < -0.39 is 12.0 Å². The van der Waals surface area contributed by atoms with Crippen LogP contribution >= 0.6 is 0 Å². The largest absolute Gasteiger partial charge is 0.482 e. The van der Waals surface area contributed by atoms with Gasteiger partial charge in [0.15, 0.2) is 6.61 Å². The summed E-state index contributed by atoms with van der Waals surface area (Å²) in [4.78, 5) is 23.4. The van der Waals surface area contributed by atoms with Gasteiger partial charge in [-0.15, -0.1) is 0 Å². The molecule has 6 nitrogen and oxygen atoms in total. The number of benzene rings is 2. The number of esters is 1. The maximum absolute atomic E-state index is 12.3. The minimum absolute atomic E-state index is 0.163. The Hall–Kier alpha value is -2.86. The zero-order valence-corrected chi connectivity index (χ0v) is 14.3. The topological polar surface area (TPSA) is 90.6 Å². The van der Waals surface area contributed by atoms with Crippen LogP contribution in [0.5, 0.6) is 5.75 Å². The standard InChI is InChI=1S/C19H22N2O4/c1-13-10-15(25-12-18(22)24-2)8-9-17(13)21-19(23)16(20)11-14-6-4-3-5-7-14/h3-10,16H,11-12,20H2,1-2H3,(H,21,23)/t16-/m0/s1. The molecule has 0 aliphatic carbocycles. The first-order valence-corrected chi connectivity index (χ1v) is 7.90. The highest BCUT2D eigenvalue weighted by Crippen LogP contribution is 2.21. The molecule has 3 N–H and O–H groups in total. The highest BCUT2D eigenvalue weighted by molar-refractivity contribution is 5.95. The van der Waals surface area contributed by atoms with Crippen molar-refractivity contribution in [2.45, 2.75) is 19.4 Å². The summed E-state index contributed by atoms with van der Waals surface area (Å²) in [6.45, 7) is 1.67. The first kappa shape index (κ1) is 18.5. The average Bonchev–Trinajstić information content (AvgIpc) is 2.62. The van der Waals surface area contributed by atoms with E-state index in [-0.39, 0.29) is 12.5 Å². The fourth-order valence-electron chi connectivity index (χ4n) is 2.25. The number of rotatable bonds is 7. The van der Waals surface area contributed by atoms with Crippen molar-refractivity contribution < 1.29 is 19.1 Å². The molecule has 1 amide bonds. The summed E-state index contributed by atoms with van der Waals surface area (Å²) in [5.74, 6) is -0.188. The lowest BCUT2D eigenvalue weighted by molar-refractivity contribution is -0.142. The second-order valence-corrected chi connectivity index (χ2v) is 5.63. The van der Waals surface area contributed by atoms with E-state index in [9.17, 15) is 9.59 Å². The Labute approximate surface area is 146 Å². The molecular weight excluding hydrogens is 320 g/mol. The minimum atomic E-state index is -0.642. The van der Waals surface area contributed by atoms with Crippen molar-refractivity contribution in [2.24, 2.45) is 5.73 Å². The number of ether oxygens (including phenoxy) is 2. The van der Waals surface area contributed by atoms with Crippen molar-refractivity contribution in [1.29, 1.82) is 0 Å². The number of aryl methyl sites for hydroxylation is 1.